The molecule has 0 saturated carbocycles. The Bertz CT molecular complexity index is 891. The molecule has 2 aromatic heterocycles. The Morgan fingerprint density at radius 2 is 2.07 bits per heavy atom. The molecule has 1 amide bonds. The van der Waals surface area contributed by atoms with Crippen molar-refractivity contribution in [3.63, 3.8) is 0 Å². The van der Waals surface area contributed by atoms with Gasteiger partial charge in [0.1, 0.15) is 11.6 Å². The van der Waals surface area contributed by atoms with E-state index in [0.717, 1.165) is 11.5 Å². The molecule has 2 aromatic rings. The van der Waals surface area contributed by atoms with E-state index < -0.39 is 0 Å². The molecule has 29 heavy (non-hydrogen) atoms. The van der Waals surface area contributed by atoms with Crippen molar-refractivity contribution in [3.05, 3.63) is 35.4 Å². The molecule has 0 radical (unpaired) electrons. The third kappa shape index (κ3) is 3.76. The molecular formula is C20H25N5O4. The summed E-state index contributed by atoms with van der Waals surface area (Å²) >= 11 is 0. The number of piperazine rings is 1. The van der Waals surface area contributed by atoms with Gasteiger partial charge in [0.15, 0.2) is 5.78 Å². The van der Waals surface area contributed by atoms with Crippen LogP contribution < -0.4 is 10.2 Å². The number of furan rings is 1. The number of amides is 1. The van der Waals surface area contributed by atoms with Crippen LogP contribution in [-0.4, -0.2) is 66.6 Å². The SMILES string of the molecule is CCOC(=O)N1CCN(c2nc3c(c(NC)n2)C(=O)C[C@@H](c2ccco2)C3)CC1. The first-order valence-corrected chi connectivity index (χ1v) is 9.92. The van der Waals surface area contributed by atoms with Gasteiger partial charge in [-0.3, -0.25) is 4.79 Å². The maximum Gasteiger partial charge on any atom is 0.409 e. The lowest BCUT2D eigenvalue weighted by molar-refractivity contribution is 0.0958. The summed E-state index contributed by atoms with van der Waals surface area (Å²) in [5, 5.41) is 3.05. The molecule has 1 saturated heterocycles. The molecule has 1 N–H and O–H groups in total. The predicted octanol–water partition coefficient (Wildman–Crippen LogP) is 2.30. The van der Waals surface area contributed by atoms with Crippen molar-refractivity contribution in [2.24, 2.45) is 0 Å². The van der Waals surface area contributed by atoms with Crippen molar-refractivity contribution in [2.45, 2.75) is 25.7 Å². The molecular weight excluding hydrogens is 374 g/mol. The van der Waals surface area contributed by atoms with E-state index in [9.17, 15) is 9.59 Å². The first kappa shape index (κ1) is 19.2. The van der Waals surface area contributed by atoms with Gasteiger partial charge in [-0.2, -0.15) is 4.98 Å². The van der Waals surface area contributed by atoms with Gasteiger partial charge in [-0.05, 0) is 19.1 Å². The van der Waals surface area contributed by atoms with Gasteiger partial charge >= 0.3 is 6.09 Å². The van der Waals surface area contributed by atoms with E-state index in [1.54, 1.807) is 25.1 Å². The standard InChI is InChI=1S/C20H25N5O4/c1-3-28-20(27)25-8-6-24(7-9-25)19-22-14-11-13(16-5-4-10-29-16)12-15(26)17(14)18(21-2)23-19/h4-5,10,13H,3,6-9,11-12H2,1-2H3,(H,21,22,23)/t13-/m0/s1. The van der Waals surface area contributed by atoms with Crippen LogP contribution in [0, 0.1) is 0 Å². The number of anilines is 2. The van der Waals surface area contributed by atoms with Gasteiger partial charge in [0, 0.05) is 52.0 Å². The van der Waals surface area contributed by atoms with Crippen molar-refractivity contribution < 1.29 is 18.7 Å². The first-order chi connectivity index (χ1) is 14.1. The van der Waals surface area contributed by atoms with Crippen LogP contribution >= 0.6 is 0 Å². The zero-order chi connectivity index (χ0) is 20.4. The molecule has 0 spiro atoms. The number of ketones is 1. The van der Waals surface area contributed by atoms with E-state index in [1.165, 1.54) is 0 Å². The Morgan fingerprint density at radius 3 is 2.72 bits per heavy atom. The number of hydrogen-bond acceptors (Lipinski definition) is 8. The molecule has 1 fully saturated rings. The van der Waals surface area contributed by atoms with Gasteiger partial charge in [-0.25, -0.2) is 9.78 Å². The Morgan fingerprint density at radius 1 is 1.28 bits per heavy atom. The summed E-state index contributed by atoms with van der Waals surface area (Å²) in [6.45, 7) is 4.46. The van der Waals surface area contributed by atoms with Crippen LogP contribution in [0.25, 0.3) is 0 Å². The number of rotatable bonds is 4. The topological polar surface area (TPSA) is 101 Å². The molecule has 0 unspecified atom stereocenters. The van der Waals surface area contributed by atoms with Crippen molar-refractivity contribution in [3.8, 4) is 0 Å². The summed E-state index contributed by atoms with van der Waals surface area (Å²) in [7, 11) is 1.76. The minimum Gasteiger partial charge on any atom is -0.469 e. The third-order valence-corrected chi connectivity index (χ3v) is 5.39. The van der Waals surface area contributed by atoms with Crippen LogP contribution in [0.4, 0.5) is 16.6 Å². The van der Waals surface area contributed by atoms with E-state index in [2.05, 4.69) is 10.3 Å². The van der Waals surface area contributed by atoms with E-state index in [1.807, 2.05) is 17.0 Å². The lowest BCUT2D eigenvalue weighted by Gasteiger charge is -2.34. The predicted molar refractivity (Wildman–Crippen MR) is 106 cm³/mol. The number of hydrogen-bond donors (Lipinski definition) is 1. The van der Waals surface area contributed by atoms with Crippen molar-refractivity contribution >= 4 is 23.6 Å². The normalized spacial score (nSPS) is 19.1. The molecule has 1 atom stereocenters. The molecule has 3 heterocycles. The molecule has 9 nitrogen and oxygen atoms in total. The second-order valence-corrected chi connectivity index (χ2v) is 7.16. The fourth-order valence-corrected chi connectivity index (χ4v) is 3.92. The second-order valence-electron chi connectivity index (χ2n) is 7.16. The number of carbonyl (C=O) groups is 2. The molecule has 4 rings (SSSR count). The van der Waals surface area contributed by atoms with Gasteiger partial charge in [-0.1, -0.05) is 0 Å². The summed E-state index contributed by atoms with van der Waals surface area (Å²) in [6, 6.07) is 3.74. The Kier molecular flexibility index (Phi) is 5.37. The highest BCUT2D eigenvalue weighted by Crippen LogP contribution is 2.35. The molecule has 0 aromatic carbocycles. The molecule has 1 aliphatic heterocycles. The monoisotopic (exact) mass is 399 g/mol. The van der Waals surface area contributed by atoms with Crippen LogP contribution in [-0.2, 0) is 11.2 Å². The highest BCUT2D eigenvalue weighted by Gasteiger charge is 2.33. The summed E-state index contributed by atoms with van der Waals surface area (Å²) in [6.07, 6.45) is 2.35. The highest BCUT2D eigenvalue weighted by molar-refractivity contribution is 6.03. The second kappa shape index (κ2) is 8.10. The summed E-state index contributed by atoms with van der Waals surface area (Å²) in [5.41, 5.74) is 1.31. The van der Waals surface area contributed by atoms with E-state index in [4.69, 9.17) is 14.1 Å². The maximum absolute atomic E-state index is 12.8. The highest BCUT2D eigenvalue weighted by atomic mass is 16.6. The smallest absolute Gasteiger partial charge is 0.409 e. The number of ether oxygens (including phenoxy) is 1. The molecule has 154 valence electrons. The minimum atomic E-state index is -0.290. The van der Waals surface area contributed by atoms with Crippen molar-refractivity contribution in [2.75, 3.05) is 50.1 Å². The van der Waals surface area contributed by atoms with Gasteiger partial charge < -0.3 is 24.3 Å². The molecule has 0 bridgehead atoms. The fraction of sp³-hybridized carbons (Fsp3) is 0.500. The zero-order valence-corrected chi connectivity index (χ0v) is 16.7. The molecule has 1 aliphatic carbocycles. The summed E-state index contributed by atoms with van der Waals surface area (Å²) < 4.78 is 10.6. The van der Waals surface area contributed by atoms with Crippen molar-refractivity contribution in [1.29, 1.82) is 0 Å². The first-order valence-electron chi connectivity index (χ1n) is 9.92. The van der Waals surface area contributed by atoms with Crippen molar-refractivity contribution in [1.82, 2.24) is 14.9 Å². The number of aromatic nitrogens is 2. The fourth-order valence-electron chi connectivity index (χ4n) is 3.92. The number of Topliss-reactive ketones (excluding diaryl/α,β-unsaturated/α-hetero) is 1. The number of nitrogens with zero attached hydrogens (tertiary/aromatic N) is 4. The third-order valence-electron chi connectivity index (χ3n) is 5.39. The molecule has 2 aliphatic rings. The summed E-state index contributed by atoms with van der Waals surface area (Å²) in [5.74, 6) is 1.94. The quantitative estimate of drug-likeness (QED) is 0.836. The Hall–Kier alpha value is -3.10. The Balaban J connectivity index is 1.56. The average molecular weight is 399 g/mol. The largest absolute Gasteiger partial charge is 0.469 e. The van der Waals surface area contributed by atoms with Gasteiger partial charge in [0.25, 0.3) is 0 Å². The van der Waals surface area contributed by atoms with E-state index in [-0.39, 0.29) is 17.8 Å². The number of nitrogens with one attached hydrogen (secondary N) is 1. The zero-order valence-electron chi connectivity index (χ0n) is 16.7. The summed E-state index contributed by atoms with van der Waals surface area (Å²) in [4.78, 5) is 37.8. The van der Waals surface area contributed by atoms with Crippen LogP contribution in [0.15, 0.2) is 22.8 Å². The number of carbonyl (C=O) groups excluding carboxylic acids is 2. The van der Waals surface area contributed by atoms with Crippen LogP contribution in [0.5, 0.6) is 0 Å². The number of fused-ring (bicyclic) bond motifs is 1. The lowest BCUT2D eigenvalue weighted by Crippen LogP contribution is -2.49. The average Bonchev–Trinajstić information content (AvgIpc) is 3.28. The van der Waals surface area contributed by atoms with Gasteiger partial charge in [-0.15, -0.1) is 0 Å². The van der Waals surface area contributed by atoms with Gasteiger partial charge in [0.05, 0.1) is 24.1 Å². The van der Waals surface area contributed by atoms with E-state index >= 15 is 0 Å². The maximum atomic E-state index is 12.8. The lowest BCUT2D eigenvalue weighted by atomic mass is 9.84. The van der Waals surface area contributed by atoms with E-state index in [0.29, 0.717) is 63.0 Å². The Labute approximate surface area is 169 Å². The minimum absolute atomic E-state index is 0.0156. The van der Waals surface area contributed by atoms with Crippen LogP contribution in [0.1, 0.15) is 41.1 Å². The van der Waals surface area contributed by atoms with Gasteiger partial charge in [0.2, 0.25) is 5.95 Å². The van der Waals surface area contributed by atoms with Crippen LogP contribution in [0.3, 0.4) is 0 Å². The molecule has 9 heteroatoms. The van der Waals surface area contributed by atoms with Crippen LogP contribution in [0.2, 0.25) is 0 Å².